The van der Waals surface area contributed by atoms with E-state index in [1.54, 1.807) is 23.1 Å². The Kier molecular flexibility index (Phi) is 5.66. The van der Waals surface area contributed by atoms with E-state index in [0.717, 1.165) is 0 Å². The number of H-pyrrole nitrogens is 1. The number of hydrogen-bond donors (Lipinski definition) is 3. The van der Waals surface area contributed by atoms with Crippen LogP contribution in [0.25, 0.3) is 11.0 Å². The minimum atomic E-state index is -0.448. The smallest absolute Gasteiger partial charge is 0.278 e. The number of nitrogens with two attached hydrogens (primary N) is 1. The van der Waals surface area contributed by atoms with Gasteiger partial charge in [-0.25, -0.2) is 9.67 Å². The number of carbonyl (C=O) groups is 2. The first-order valence-electron chi connectivity index (χ1n) is 10.8. The number of carbonyl (C=O) groups excluding carboxylic acids is 2. The van der Waals surface area contributed by atoms with Gasteiger partial charge in [-0.15, -0.1) is 0 Å². The van der Waals surface area contributed by atoms with Gasteiger partial charge in [0, 0.05) is 18.7 Å². The van der Waals surface area contributed by atoms with E-state index < -0.39 is 11.8 Å². The molecule has 5 rings (SSSR count). The summed E-state index contributed by atoms with van der Waals surface area (Å²) in [6.07, 6.45) is 0.491. The van der Waals surface area contributed by atoms with Crippen molar-refractivity contribution >= 4 is 45.8 Å². The number of benzene rings is 1. The molecule has 34 heavy (non-hydrogen) atoms. The number of fused-ring (bicyclic) bond motifs is 1. The molecule has 0 bridgehead atoms. The van der Waals surface area contributed by atoms with Crippen LogP contribution in [0.5, 0.6) is 5.75 Å². The second-order valence-corrected chi connectivity index (χ2v) is 8.65. The van der Waals surface area contributed by atoms with Crippen molar-refractivity contribution < 1.29 is 19.1 Å². The third-order valence-corrected chi connectivity index (χ3v) is 6.31. The van der Waals surface area contributed by atoms with Crippen LogP contribution in [-0.4, -0.2) is 64.9 Å². The summed E-state index contributed by atoms with van der Waals surface area (Å²) in [5, 5.41) is 6.57. The van der Waals surface area contributed by atoms with Gasteiger partial charge in [-0.2, -0.15) is 0 Å². The number of anilines is 2. The monoisotopic (exact) mass is 486 g/mol. The van der Waals surface area contributed by atoms with Gasteiger partial charge in [-0.3, -0.25) is 19.5 Å². The van der Waals surface area contributed by atoms with Crippen molar-refractivity contribution in [2.24, 2.45) is 11.7 Å². The first-order chi connectivity index (χ1) is 16.4. The molecule has 178 valence electrons. The molecule has 2 aromatic heterocycles. The van der Waals surface area contributed by atoms with Crippen LogP contribution in [0.2, 0.25) is 5.15 Å². The molecule has 1 aliphatic carbocycles. The number of morpholine rings is 1. The molecule has 2 atom stereocenters. The zero-order chi connectivity index (χ0) is 24.0. The van der Waals surface area contributed by atoms with Crippen LogP contribution in [0.1, 0.15) is 22.8 Å². The molecule has 1 aliphatic heterocycles. The Balaban J connectivity index is 1.48. The van der Waals surface area contributed by atoms with Crippen LogP contribution in [0.3, 0.4) is 0 Å². The predicted molar refractivity (Wildman–Crippen MR) is 125 cm³/mol. The maximum atomic E-state index is 13.1. The number of primary amides is 1. The van der Waals surface area contributed by atoms with Crippen LogP contribution in [0.15, 0.2) is 29.1 Å². The van der Waals surface area contributed by atoms with E-state index in [2.05, 4.69) is 15.4 Å². The second-order valence-electron chi connectivity index (χ2n) is 8.26. The van der Waals surface area contributed by atoms with Crippen LogP contribution >= 0.6 is 11.6 Å². The maximum absolute atomic E-state index is 13.1. The normalized spacial score (nSPS) is 19.8. The van der Waals surface area contributed by atoms with Crippen molar-refractivity contribution in [1.29, 1.82) is 0 Å². The molecule has 2 amide bonds. The topological polar surface area (TPSA) is 145 Å². The van der Waals surface area contributed by atoms with Crippen molar-refractivity contribution in [3.05, 3.63) is 45.3 Å². The quantitative estimate of drug-likeness (QED) is 0.449. The molecule has 12 heteroatoms. The molecule has 1 saturated heterocycles. The highest BCUT2D eigenvalue weighted by Gasteiger charge is 2.45. The van der Waals surface area contributed by atoms with Gasteiger partial charge in [0.15, 0.2) is 5.65 Å². The van der Waals surface area contributed by atoms with E-state index in [4.69, 9.17) is 26.8 Å². The lowest BCUT2D eigenvalue weighted by Crippen LogP contribution is -2.40. The molecule has 11 nitrogen and oxygen atoms in total. The minimum absolute atomic E-state index is 0.107. The second kappa shape index (κ2) is 8.65. The van der Waals surface area contributed by atoms with Gasteiger partial charge in [0.2, 0.25) is 5.91 Å². The lowest BCUT2D eigenvalue weighted by molar-refractivity contribution is -0.119. The van der Waals surface area contributed by atoms with E-state index in [0.29, 0.717) is 55.4 Å². The maximum Gasteiger partial charge on any atom is 0.278 e. The van der Waals surface area contributed by atoms with E-state index in [1.165, 1.54) is 17.9 Å². The van der Waals surface area contributed by atoms with E-state index >= 15 is 0 Å². The zero-order valence-corrected chi connectivity index (χ0v) is 19.1. The fourth-order valence-electron chi connectivity index (χ4n) is 4.22. The summed E-state index contributed by atoms with van der Waals surface area (Å²) in [4.78, 5) is 43.4. The summed E-state index contributed by atoms with van der Waals surface area (Å²) in [5.74, 6) is -0.526. The summed E-state index contributed by atoms with van der Waals surface area (Å²) in [7, 11) is 1.50. The number of aromatic nitrogens is 3. The Morgan fingerprint density at radius 2 is 2.03 bits per heavy atom. The minimum Gasteiger partial charge on any atom is -0.495 e. The molecule has 0 radical (unpaired) electrons. The number of rotatable bonds is 6. The SMILES string of the molecule is COc1cc(C(=O)N2CCOCC2)ccc1Nc1cc(Cl)nc2[nH]n(C3CC3C(N)=O)c(=O)c12. The molecule has 3 aromatic rings. The van der Waals surface area contributed by atoms with Crippen LogP contribution in [0, 0.1) is 5.92 Å². The van der Waals surface area contributed by atoms with Crippen molar-refractivity contribution in [3.8, 4) is 5.75 Å². The number of pyridine rings is 1. The summed E-state index contributed by atoms with van der Waals surface area (Å²) >= 11 is 6.20. The predicted octanol–water partition coefficient (Wildman–Crippen LogP) is 1.65. The third kappa shape index (κ3) is 3.97. The number of aromatic amines is 1. The largest absolute Gasteiger partial charge is 0.495 e. The third-order valence-electron chi connectivity index (χ3n) is 6.12. The number of nitrogens with zero attached hydrogens (tertiary/aromatic N) is 3. The molecule has 4 N–H and O–H groups in total. The molecule has 1 aromatic carbocycles. The van der Waals surface area contributed by atoms with Gasteiger partial charge in [-0.1, -0.05) is 11.6 Å². The molecule has 0 spiro atoms. The van der Waals surface area contributed by atoms with Gasteiger partial charge in [0.25, 0.3) is 11.5 Å². The number of amides is 2. The van der Waals surface area contributed by atoms with Gasteiger partial charge >= 0.3 is 0 Å². The Hall–Kier alpha value is -3.57. The Labute approximate surface area is 198 Å². The van der Waals surface area contributed by atoms with Crippen molar-refractivity contribution in [2.75, 3.05) is 38.7 Å². The number of hydrogen-bond acceptors (Lipinski definition) is 7. The van der Waals surface area contributed by atoms with Gasteiger partial charge in [0.1, 0.15) is 16.3 Å². The first kappa shape index (κ1) is 22.2. The molecule has 2 unspecified atom stereocenters. The average Bonchev–Trinajstić information content (AvgIpc) is 3.57. The molecule has 1 saturated carbocycles. The average molecular weight is 487 g/mol. The summed E-state index contributed by atoms with van der Waals surface area (Å²) in [6.45, 7) is 2.09. The highest BCUT2D eigenvalue weighted by atomic mass is 35.5. The summed E-state index contributed by atoms with van der Waals surface area (Å²) in [5.41, 5.74) is 6.76. The molecule has 2 fully saturated rings. The fraction of sp³-hybridized carbons (Fsp3) is 0.364. The van der Waals surface area contributed by atoms with E-state index in [9.17, 15) is 14.4 Å². The van der Waals surface area contributed by atoms with Crippen LogP contribution < -0.4 is 21.3 Å². The standard InChI is InChI=1S/C22H23ClN6O5/c1-33-16-8-11(21(31)28-4-6-34-7-5-28)2-3-13(16)25-14-10-17(23)26-20-18(14)22(32)29(27-20)15-9-12(15)19(24)30/h2-3,8,10,12,15H,4-7,9H2,1H3,(H2,24,30)(H2,25,26,27). The molecule has 2 aliphatic rings. The molecular weight excluding hydrogens is 464 g/mol. The van der Waals surface area contributed by atoms with E-state index in [1.807, 2.05) is 0 Å². The highest BCUT2D eigenvalue weighted by molar-refractivity contribution is 6.30. The molecular formula is C22H23ClN6O5. The van der Waals surface area contributed by atoms with Crippen LogP contribution in [0.4, 0.5) is 11.4 Å². The zero-order valence-electron chi connectivity index (χ0n) is 18.3. The van der Waals surface area contributed by atoms with Gasteiger partial charge < -0.3 is 25.4 Å². The van der Waals surface area contributed by atoms with Crippen LogP contribution in [-0.2, 0) is 9.53 Å². The lowest BCUT2D eigenvalue weighted by atomic mass is 10.1. The van der Waals surface area contributed by atoms with Crippen molar-refractivity contribution in [1.82, 2.24) is 19.7 Å². The highest BCUT2D eigenvalue weighted by Crippen LogP contribution is 2.42. The van der Waals surface area contributed by atoms with Gasteiger partial charge in [0.05, 0.1) is 43.7 Å². The Bertz CT molecular complexity index is 1350. The fourth-order valence-corrected chi connectivity index (χ4v) is 4.42. The first-order valence-corrected chi connectivity index (χ1v) is 11.2. The number of ether oxygens (including phenoxy) is 2. The Morgan fingerprint density at radius 3 is 2.71 bits per heavy atom. The van der Waals surface area contributed by atoms with Crippen molar-refractivity contribution in [2.45, 2.75) is 12.5 Å². The number of halogens is 1. The number of nitrogens with one attached hydrogen (secondary N) is 2. The Morgan fingerprint density at radius 1 is 1.26 bits per heavy atom. The van der Waals surface area contributed by atoms with Crippen molar-refractivity contribution in [3.63, 3.8) is 0 Å². The van der Waals surface area contributed by atoms with Gasteiger partial charge in [-0.05, 0) is 30.7 Å². The summed E-state index contributed by atoms with van der Waals surface area (Å²) in [6, 6.07) is 6.26. The summed E-state index contributed by atoms with van der Waals surface area (Å²) < 4.78 is 12.2. The molecule has 3 heterocycles. The number of methoxy groups -OCH3 is 1. The van der Waals surface area contributed by atoms with E-state index in [-0.39, 0.29) is 33.7 Å². The lowest BCUT2D eigenvalue weighted by Gasteiger charge is -2.27.